The number of carbonyl (C=O) groups is 3. The van der Waals surface area contributed by atoms with E-state index in [2.05, 4.69) is 64.5 Å². The monoisotopic (exact) mass is 888 g/mol. The fourth-order valence-electron chi connectivity index (χ4n) is 7.68. The van der Waals surface area contributed by atoms with E-state index < -0.39 is 5.60 Å². The fourth-order valence-corrected chi connectivity index (χ4v) is 8.09. The van der Waals surface area contributed by atoms with Gasteiger partial charge in [0.15, 0.2) is 0 Å². The van der Waals surface area contributed by atoms with Gasteiger partial charge in [-0.3, -0.25) is 9.59 Å². The summed E-state index contributed by atoms with van der Waals surface area (Å²) < 4.78 is 5.47. The Morgan fingerprint density at radius 2 is 1.15 bits per heavy atom. The number of nitrogens with one attached hydrogen (secondary N) is 3. The molecule has 0 spiro atoms. The molecule has 320 valence electrons. The molecule has 0 unspecified atom stereocenters. The third-order valence-electron chi connectivity index (χ3n) is 10.8. The molecule has 2 atom stereocenters. The number of rotatable bonds is 8. The zero-order valence-corrected chi connectivity index (χ0v) is 37.8. The van der Waals surface area contributed by atoms with Gasteiger partial charge in [0, 0.05) is 26.2 Å². The number of amides is 3. The molecule has 2 heterocycles. The van der Waals surface area contributed by atoms with Crippen molar-refractivity contribution in [2.24, 2.45) is 0 Å². The molecule has 0 radical (unpaired) electrons. The second kappa shape index (κ2) is 20.0. The van der Waals surface area contributed by atoms with Crippen LogP contribution in [0.25, 0.3) is 32.7 Å². The van der Waals surface area contributed by atoms with Crippen molar-refractivity contribution in [2.45, 2.75) is 52.3 Å². The number of ether oxygens (including phenoxy) is 1. The van der Waals surface area contributed by atoms with E-state index >= 15 is 0 Å². The van der Waals surface area contributed by atoms with Crippen LogP contribution in [0.3, 0.4) is 0 Å². The summed E-state index contributed by atoms with van der Waals surface area (Å²) >= 11 is 12.7. The first-order valence-corrected chi connectivity index (χ1v) is 21.2. The van der Waals surface area contributed by atoms with Crippen molar-refractivity contribution in [1.29, 1.82) is 0 Å². The quantitative estimate of drug-likeness (QED) is 0.141. The van der Waals surface area contributed by atoms with Crippen LogP contribution in [0.2, 0.25) is 10.0 Å². The van der Waals surface area contributed by atoms with Crippen molar-refractivity contribution in [3.63, 3.8) is 0 Å². The van der Waals surface area contributed by atoms with Crippen molar-refractivity contribution in [2.75, 3.05) is 26.2 Å². The van der Waals surface area contributed by atoms with Gasteiger partial charge in [0.25, 0.3) is 11.8 Å². The van der Waals surface area contributed by atoms with Crippen LogP contribution in [0.1, 0.15) is 89.7 Å². The minimum Gasteiger partial charge on any atom is -0.444 e. The van der Waals surface area contributed by atoms with Gasteiger partial charge in [-0.15, -0.1) is 12.4 Å². The average Bonchev–Trinajstić information content (AvgIpc) is 3.98. The molecular weight excluding hydrogens is 839 g/mol. The van der Waals surface area contributed by atoms with Gasteiger partial charge in [0.2, 0.25) is 0 Å². The van der Waals surface area contributed by atoms with Gasteiger partial charge in [-0.1, -0.05) is 132 Å². The molecule has 0 saturated heterocycles. The number of benzene rings is 6. The van der Waals surface area contributed by atoms with Crippen LogP contribution < -0.4 is 16.0 Å². The second-order valence-electron chi connectivity index (χ2n) is 16.4. The highest BCUT2D eigenvalue weighted by atomic mass is 35.5. The van der Waals surface area contributed by atoms with Gasteiger partial charge in [-0.2, -0.15) is 0 Å². The Bertz CT molecular complexity index is 2680. The molecule has 6 aromatic rings. The van der Waals surface area contributed by atoms with Crippen molar-refractivity contribution < 1.29 is 19.1 Å². The number of carbonyl (C=O) groups excluding carboxylic acids is 3. The van der Waals surface area contributed by atoms with Crippen molar-refractivity contribution in [1.82, 2.24) is 20.9 Å². The van der Waals surface area contributed by atoms with Crippen LogP contribution in [0.15, 0.2) is 133 Å². The largest absolute Gasteiger partial charge is 0.444 e. The number of hydrogen-bond acceptors (Lipinski definition) is 5. The molecule has 8 nitrogen and oxygen atoms in total. The molecule has 62 heavy (non-hydrogen) atoms. The molecule has 2 aliphatic rings. The minimum absolute atomic E-state index is 0. The van der Waals surface area contributed by atoms with Crippen LogP contribution in [-0.4, -0.2) is 54.6 Å². The van der Waals surface area contributed by atoms with Gasteiger partial charge >= 0.3 is 6.09 Å². The lowest BCUT2D eigenvalue weighted by molar-refractivity contribution is 0.0306. The van der Waals surface area contributed by atoms with E-state index in [1.54, 1.807) is 23.1 Å². The lowest BCUT2D eigenvalue weighted by Crippen LogP contribution is -2.35. The number of nitrogens with zero attached hydrogens (tertiary/aromatic N) is 1. The molecule has 11 heteroatoms. The van der Waals surface area contributed by atoms with E-state index in [1.807, 2.05) is 101 Å². The normalized spacial score (nSPS) is 14.5. The Hall–Kier alpha value is -5.64. The highest BCUT2D eigenvalue weighted by molar-refractivity contribution is 6.34. The predicted octanol–water partition coefficient (Wildman–Crippen LogP) is 12.0. The first-order chi connectivity index (χ1) is 29.3. The highest BCUT2D eigenvalue weighted by Gasteiger charge is 2.27. The first-order valence-electron chi connectivity index (χ1n) is 20.5. The van der Waals surface area contributed by atoms with Crippen molar-refractivity contribution >= 4 is 86.2 Å². The molecule has 0 fully saturated rings. The molecule has 2 aliphatic heterocycles. The van der Waals surface area contributed by atoms with Crippen LogP contribution in [-0.2, 0) is 4.74 Å². The van der Waals surface area contributed by atoms with Gasteiger partial charge in [0.1, 0.15) is 5.60 Å². The van der Waals surface area contributed by atoms with Crippen LogP contribution in [0.5, 0.6) is 0 Å². The summed E-state index contributed by atoms with van der Waals surface area (Å²) in [5, 5.41) is 14.9. The Kier molecular flexibility index (Phi) is 14.8. The molecule has 3 N–H and O–H groups in total. The molecule has 0 aromatic heterocycles. The smallest absolute Gasteiger partial charge is 0.410 e. The van der Waals surface area contributed by atoms with E-state index in [1.165, 1.54) is 5.57 Å². The van der Waals surface area contributed by atoms with Crippen LogP contribution in [0.4, 0.5) is 4.79 Å². The molecular formula is C51H51Cl3N4O4. The lowest BCUT2D eigenvalue weighted by Gasteiger charge is -2.24. The summed E-state index contributed by atoms with van der Waals surface area (Å²) in [5.74, 6) is -0.399. The minimum atomic E-state index is -0.549. The molecule has 8 rings (SSSR count). The summed E-state index contributed by atoms with van der Waals surface area (Å²) in [5.41, 5.74) is 6.55. The van der Waals surface area contributed by atoms with E-state index in [9.17, 15) is 14.4 Å². The van der Waals surface area contributed by atoms with Crippen LogP contribution >= 0.6 is 35.6 Å². The zero-order valence-electron chi connectivity index (χ0n) is 35.4. The first kappa shape index (κ1) is 45.9. The van der Waals surface area contributed by atoms with Crippen LogP contribution in [0, 0.1) is 0 Å². The maximum absolute atomic E-state index is 13.2. The second-order valence-corrected chi connectivity index (χ2v) is 17.2. The summed E-state index contributed by atoms with van der Waals surface area (Å²) in [4.78, 5) is 40.1. The molecule has 0 bridgehead atoms. The third-order valence-corrected chi connectivity index (χ3v) is 11.5. The number of hydrogen-bond donors (Lipinski definition) is 3. The maximum Gasteiger partial charge on any atom is 0.410 e. The van der Waals surface area contributed by atoms with Gasteiger partial charge in [-0.25, -0.2) is 4.79 Å². The maximum atomic E-state index is 13.2. The number of fused-ring (bicyclic) bond motifs is 2. The van der Waals surface area contributed by atoms with Gasteiger partial charge in [-0.05, 0) is 114 Å². The summed E-state index contributed by atoms with van der Waals surface area (Å²) in [6.45, 7) is 12.1. The van der Waals surface area contributed by atoms with E-state index in [-0.39, 0.29) is 42.4 Å². The van der Waals surface area contributed by atoms with Gasteiger partial charge in [0.05, 0.1) is 33.3 Å². The third kappa shape index (κ3) is 10.9. The predicted molar refractivity (Wildman–Crippen MR) is 256 cm³/mol. The Balaban J connectivity index is 0.000000209. The molecule has 6 aromatic carbocycles. The summed E-state index contributed by atoms with van der Waals surface area (Å²) in [7, 11) is 0. The summed E-state index contributed by atoms with van der Waals surface area (Å²) in [6, 6.07) is 39.3. The number of halogens is 3. The topological polar surface area (TPSA) is 99.8 Å². The molecule has 0 aliphatic carbocycles. The van der Waals surface area contributed by atoms with Crippen molar-refractivity contribution in [3.8, 4) is 0 Å². The molecule has 3 amide bonds. The molecule has 0 saturated carbocycles. The SMILES string of the molecule is C[C@@H](NC(=O)c1cc(C2=CCN(C(=O)OC(C)(C)C)C2)ccc1Cl)c1cccc2ccccc12.C[C@@H](NC(=O)c1cc(C2=CCNC2)ccc1Cl)c1cccc2ccccc12.Cl. The van der Waals surface area contributed by atoms with E-state index in [4.69, 9.17) is 27.9 Å². The standard InChI is InChI=1S/C28H29ClN2O3.C23H21ClN2O.ClH/c1-18(22-11-7-9-19-8-5-6-10-23(19)22)30-26(32)24-16-20(12-13-25(24)29)21-14-15-31(17-21)27(33)34-28(2,3)4;1-15(19-8-4-6-16-5-2-3-7-20(16)19)26-23(27)21-13-17(9-10-22(21)24)18-11-12-25-14-18;/h5-14,16,18H,15,17H2,1-4H3,(H,30,32);2-11,13,15,25H,12,14H2,1H3,(H,26,27);1H/t18-;15-;/m11./s1. The highest BCUT2D eigenvalue weighted by Crippen LogP contribution is 2.30. The fraction of sp³-hybridized carbons (Fsp3) is 0.235. The Labute approximate surface area is 379 Å². The van der Waals surface area contributed by atoms with Crippen molar-refractivity contribution in [3.05, 3.63) is 177 Å². The zero-order chi connectivity index (χ0) is 43.3. The average molecular weight is 890 g/mol. The van der Waals surface area contributed by atoms with E-state index in [0.717, 1.165) is 62.5 Å². The lowest BCUT2D eigenvalue weighted by atomic mass is 9.99. The summed E-state index contributed by atoms with van der Waals surface area (Å²) in [6.07, 6.45) is 3.77. The Morgan fingerprint density at radius 1 is 0.661 bits per heavy atom. The Morgan fingerprint density at radius 3 is 1.63 bits per heavy atom. The van der Waals surface area contributed by atoms with E-state index in [0.29, 0.717) is 34.3 Å². The van der Waals surface area contributed by atoms with Gasteiger partial charge < -0.3 is 25.6 Å².